The van der Waals surface area contributed by atoms with Gasteiger partial charge in [-0.3, -0.25) is 0 Å². The van der Waals surface area contributed by atoms with Gasteiger partial charge in [0.1, 0.15) is 0 Å². The molecular formula is C19H27BO3. The molecule has 0 aliphatic carbocycles. The Bertz CT molecular complexity index is 527. The molecule has 1 unspecified atom stereocenters. The molecule has 0 fully saturated rings. The maximum atomic E-state index is 6.02. The average Bonchev–Trinajstić information content (AvgIpc) is 2.54. The normalized spacial score (nSPS) is 18.2. The molecule has 23 heavy (non-hydrogen) atoms. The fourth-order valence-electron chi connectivity index (χ4n) is 2.53. The summed E-state index contributed by atoms with van der Waals surface area (Å²) >= 11 is 0. The van der Waals surface area contributed by atoms with E-state index in [9.17, 15) is 0 Å². The summed E-state index contributed by atoms with van der Waals surface area (Å²) in [5, 5.41) is 0. The van der Waals surface area contributed by atoms with Crippen LogP contribution in [0.25, 0.3) is 0 Å². The number of benzene rings is 1. The summed E-state index contributed by atoms with van der Waals surface area (Å²) < 4.78 is 17.8. The van der Waals surface area contributed by atoms with Gasteiger partial charge in [-0.1, -0.05) is 43.0 Å². The van der Waals surface area contributed by atoms with Crippen LogP contribution in [0.5, 0.6) is 0 Å². The van der Waals surface area contributed by atoms with E-state index >= 15 is 0 Å². The van der Waals surface area contributed by atoms with Crippen molar-refractivity contribution in [3.63, 3.8) is 0 Å². The molecule has 1 aliphatic rings. The van der Waals surface area contributed by atoms with Crippen LogP contribution in [0.15, 0.2) is 54.0 Å². The van der Waals surface area contributed by atoms with E-state index in [2.05, 4.69) is 24.8 Å². The van der Waals surface area contributed by atoms with E-state index in [1.807, 2.05) is 45.9 Å². The molecule has 0 saturated heterocycles. The van der Waals surface area contributed by atoms with E-state index in [1.54, 1.807) is 0 Å². The fourth-order valence-corrected chi connectivity index (χ4v) is 2.53. The largest absolute Gasteiger partial charge is 0.493 e. The summed E-state index contributed by atoms with van der Waals surface area (Å²) in [6.07, 6.45) is 3.32. The molecule has 1 atom stereocenters. The third kappa shape index (κ3) is 5.34. The van der Waals surface area contributed by atoms with Crippen molar-refractivity contribution in [1.82, 2.24) is 0 Å². The van der Waals surface area contributed by atoms with E-state index in [4.69, 9.17) is 14.0 Å². The SMILES string of the molecule is C=C(B(OC(C)C)OC(C)C)C1=CCC(c2ccccc2)OC1. The predicted molar refractivity (Wildman–Crippen MR) is 95.2 cm³/mol. The Morgan fingerprint density at radius 2 is 1.74 bits per heavy atom. The van der Waals surface area contributed by atoms with Crippen LogP contribution in [0.2, 0.25) is 0 Å². The zero-order chi connectivity index (χ0) is 16.8. The maximum absolute atomic E-state index is 6.02. The van der Waals surface area contributed by atoms with Gasteiger partial charge in [-0.05, 0) is 50.7 Å². The van der Waals surface area contributed by atoms with E-state index < -0.39 is 7.12 Å². The highest BCUT2D eigenvalue weighted by Gasteiger charge is 2.29. The van der Waals surface area contributed by atoms with Crippen LogP contribution in [0, 0.1) is 0 Å². The monoisotopic (exact) mass is 314 g/mol. The minimum atomic E-state index is -0.418. The molecule has 0 saturated carbocycles. The Morgan fingerprint density at radius 3 is 2.22 bits per heavy atom. The van der Waals surface area contributed by atoms with Crippen molar-refractivity contribution in [2.24, 2.45) is 0 Å². The molecule has 0 radical (unpaired) electrons. The molecule has 0 spiro atoms. The molecule has 0 aromatic heterocycles. The number of hydrogen-bond acceptors (Lipinski definition) is 3. The molecule has 1 heterocycles. The summed E-state index contributed by atoms with van der Waals surface area (Å²) in [4.78, 5) is 0. The van der Waals surface area contributed by atoms with Gasteiger partial charge < -0.3 is 14.0 Å². The van der Waals surface area contributed by atoms with Gasteiger partial charge in [0.05, 0.1) is 12.7 Å². The van der Waals surface area contributed by atoms with Crippen LogP contribution in [0.3, 0.4) is 0 Å². The van der Waals surface area contributed by atoms with Crippen LogP contribution in [-0.4, -0.2) is 25.9 Å². The first-order valence-electron chi connectivity index (χ1n) is 8.33. The third-order valence-corrected chi connectivity index (χ3v) is 3.68. The first kappa shape index (κ1) is 18.0. The second-order valence-electron chi connectivity index (χ2n) is 6.40. The Morgan fingerprint density at radius 1 is 1.13 bits per heavy atom. The third-order valence-electron chi connectivity index (χ3n) is 3.68. The van der Waals surface area contributed by atoms with Gasteiger partial charge >= 0.3 is 7.12 Å². The Balaban J connectivity index is 2.03. The van der Waals surface area contributed by atoms with E-state index in [0.29, 0.717) is 6.61 Å². The van der Waals surface area contributed by atoms with E-state index in [1.165, 1.54) is 5.56 Å². The first-order valence-corrected chi connectivity index (χ1v) is 8.33. The topological polar surface area (TPSA) is 27.7 Å². The fraction of sp³-hybridized carbons (Fsp3) is 0.474. The van der Waals surface area contributed by atoms with Gasteiger partial charge in [0.15, 0.2) is 0 Å². The van der Waals surface area contributed by atoms with Crippen molar-refractivity contribution in [1.29, 1.82) is 0 Å². The summed E-state index contributed by atoms with van der Waals surface area (Å²) in [6, 6.07) is 10.3. The van der Waals surface area contributed by atoms with E-state index in [-0.39, 0.29) is 18.3 Å². The number of ether oxygens (including phenoxy) is 1. The zero-order valence-electron chi connectivity index (χ0n) is 14.6. The van der Waals surface area contributed by atoms with Crippen LogP contribution in [-0.2, 0) is 14.0 Å². The molecule has 1 aliphatic heterocycles. The molecule has 0 amide bonds. The van der Waals surface area contributed by atoms with Crippen molar-refractivity contribution in [2.75, 3.05) is 6.61 Å². The molecule has 124 valence electrons. The summed E-state index contributed by atoms with van der Waals surface area (Å²) in [7, 11) is -0.418. The first-order chi connectivity index (χ1) is 11.0. The highest BCUT2D eigenvalue weighted by molar-refractivity contribution is 6.55. The minimum absolute atomic E-state index is 0.0812. The second kappa shape index (κ2) is 8.48. The zero-order valence-corrected chi connectivity index (χ0v) is 14.6. The lowest BCUT2D eigenvalue weighted by atomic mass is 9.73. The molecule has 3 nitrogen and oxygen atoms in total. The van der Waals surface area contributed by atoms with Crippen molar-refractivity contribution in [3.8, 4) is 0 Å². The van der Waals surface area contributed by atoms with Gasteiger partial charge in [0.25, 0.3) is 0 Å². The van der Waals surface area contributed by atoms with Crippen molar-refractivity contribution in [3.05, 3.63) is 59.6 Å². The van der Waals surface area contributed by atoms with Crippen LogP contribution in [0.4, 0.5) is 0 Å². The second-order valence-corrected chi connectivity index (χ2v) is 6.40. The lowest BCUT2D eigenvalue weighted by Gasteiger charge is -2.27. The van der Waals surface area contributed by atoms with E-state index in [0.717, 1.165) is 17.5 Å². The Hall–Kier alpha value is -1.36. The van der Waals surface area contributed by atoms with Gasteiger partial charge in [0, 0.05) is 12.2 Å². The van der Waals surface area contributed by atoms with Crippen LogP contribution < -0.4 is 0 Å². The van der Waals surface area contributed by atoms with Crippen molar-refractivity contribution < 1.29 is 14.0 Å². The molecular weight excluding hydrogens is 287 g/mol. The van der Waals surface area contributed by atoms with Gasteiger partial charge in [-0.25, -0.2) is 0 Å². The average molecular weight is 314 g/mol. The minimum Gasteiger partial charge on any atom is -0.405 e. The van der Waals surface area contributed by atoms with Gasteiger partial charge in [-0.2, -0.15) is 0 Å². The highest BCUT2D eigenvalue weighted by atomic mass is 16.6. The standard InChI is InChI=1S/C19H27BO3/c1-14(2)22-20(23-15(3)4)16(5)18-11-12-19(21-13-18)17-9-7-6-8-10-17/h6-11,14-15,19H,5,12-13H2,1-4H3. The smallest absolute Gasteiger partial charge is 0.405 e. The Labute approximate surface area is 140 Å². The summed E-state index contributed by atoms with van der Waals surface area (Å²) in [6.45, 7) is 12.7. The number of hydrogen-bond donors (Lipinski definition) is 0. The lowest BCUT2D eigenvalue weighted by Crippen LogP contribution is -2.33. The predicted octanol–water partition coefficient (Wildman–Crippen LogP) is 4.51. The molecule has 1 aromatic carbocycles. The quantitative estimate of drug-likeness (QED) is 0.693. The van der Waals surface area contributed by atoms with Crippen molar-refractivity contribution >= 4 is 7.12 Å². The van der Waals surface area contributed by atoms with Crippen LogP contribution in [0.1, 0.15) is 45.8 Å². The molecule has 0 bridgehead atoms. The number of rotatable bonds is 7. The molecule has 2 rings (SSSR count). The lowest BCUT2D eigenvalue weighted by molar-refractivity contribution is 0.0622. The Kier molecular flexibility index (Phi) is 6.64. The highest BCUT2D eigenvalue weighted by Crippen LogP contribution is 2.30. The molecule has 1 aromatic rings. The van der Waals surface area contributed by atoms with Gasteiger partial charge in [-0.15, -0.1) is 0 Å². The molecule has 0 N–H and O–H groups in total. The summed E-state index contributed by atoms with van der Waals surface area (Å²) in [5.74, 6) is 0. The van der Waals surface area contributed by atoms with Crippen LogP contribution >= 0.6 is 0 Å². The van der Waals surface area contributed by atoms with Crippen molar-refractivity contribution in [2.45, 2.75) is 52.4 Å². The molecule has 4 heteroatoms. The van der Waals surface area contributed by atoms with Gasteiger partial charge in [0.2, 0.25) is 0 Å². The summed E-state index contributed by atoms with van der Waals surface area (Å²) in [5.41, 5.74) is 3.14. The maximum Gasteiger partial charge on any atom is 0.493 e.